The molecular formula is C30H41F3N3O7Si. The zero-order valence-electron chi connectivity index (χ0n) is 26.3. The highest BCUT2D eigenvalue weighted by molar-refractivity contribution is 6.48. The molecule has 0 saturated heterocycles. The summed E-state index contributed by atoms with van der Waals surface area (Å²) in [7, 11) is -1.79. The van der Waals surface area contributed by atoms with Gasteiger partial charge >= 0.3 is 18.2 Å². The smallest absolute Gasteiger partial charge is 0.412 e. The molecule has 2 rings (SSSR count). The van der Waals surface area contributed by atoms with Crippen molar-refractivity contribution < 1.29 is 41.5 Å². The number of pyridine rings is 1. The Morgan fingerprint density at radius 2 is 1.61 bits per heavy atom. The van der Waals surface area contributed by atoms with E-state index in [-0.39, 0.29) is 18.8 Å². The number of nitrogens with zero attached hydrogens (tertiary/aromatic N) is 1. The van der Waals surface area contributed by atoms with Gasteiger partial charge < -0.3 is 23.8 Å². The minimum atomic E-state index is -4.75. The number of rotatable bonds is 12. The molecule has 2 aromatic rings. The molecule has 1 aromatic carbocycles. The lowest BCUT2D eigenvalue weighted by molar-refractivity contribution is -0.265. The predicted octanol–water partition coefficient (Wildman–Crippen LogP) is 5.73. The van der Waals surface area contributed by atoms with E-state index in [4.69, 9.17) is 13.9 Å². The van der Waals surface area contributed by atoms with Crippen molar-refractivity contribution >= 4 is 32.7 Å². The monoisotopic (exact) mass is 640 g/mol. The molecule has 10 nitrogen and oxygen atoms in total. The number of esters is 1. The van der Waals surface area contributed by atoms with Crippen LogP contribution in [0.25, 0.3) is 0 Å². The number of carbonyl (C=O) groups excluding carboxylic acids is 3. The predicted molar refractivity (Wildman–Crippen MR) is 160 cm³/mol. The number of benzene rings is 1. The zero-order valence-corrected chi connectivity index (χ0v) is 27.3. The Morgan fingerprint density at radius 3 is 2.11 bits per heavy atom. The van der Waals surface area contributed by atoms with Gasteiger partial charge in [0.1, 0.15) is 30.5 Å². The summed E-state index contributed by atoms with van der Waals surface area (Å²) in [5, 5.41) is 4.74. The van der Waals surface area contributed by atoms with Crippen LogP contribution in [0.2, 0.25) is 13.1 Å². The van der Waals surface area contributed by atoms with Gasteiger partial charge in [-0.15, -0.1) is 0 Å². The van der Waals surface area contributed by atoms with E-state index in [1.54, 1.807) is 50.3 Å². The summed E-state index contributed by atoms with van der Waals surface area (Å²) >= 11 is 0. The number of alkyl halides is 3. The van der Waals surface area contributed by atoms with Crippen LogP contribution >= 0.6 is 0 Å². The van der Waals surface area contributed by atoms with Gasteiger partial charge in [0, 0.05) is 12.1 Å². The molecule has 0 aliphatic heterocycles. The average molecular weight is 641 g/mol. The standard InChI is InChI=1S/C30H41F3N3O7Si/c1-9-41-25(39)21-15-16-36(24(38)23(21)34-27(40)42-18-20-13-11-10-12-14-20)17-22(37)35-29(19(2)3,43-44(7)8)26(28(4,5)6)30(31,32)33/h10-16,19,26H,9,17-18H2,1-8H3,(H,34,40)(H,35,37). The second-order valence-electron chi connectivity index (χ2n) is 11.8. The van der Waals surface area contributed by atoms with Crippen LogP contribution in [0.4, 0.5) is 23.7 Å². The summed E-state index contributed by atoms with van der Waals surface area (Å²) in [6.07, 6.45) is -4.68. The Hall–Kier alpha value is -3.65. The van der Waals surface area contributed by atoms with Crippen molar-refractivity contribution in [3.63, 3.8) is 0 Å². The van der Waals surface area contributed by atoms with Gasteiger partial charge in [-0.25, -0.2) is 9.59 Å². The molecule has 2 amide bonds. The van der Waals surface area contributed by atoms with E-state index in [9.17, 15) is 32.3 Å². The van der Waals surface area contributed by atoms with Gasteiger partial charge in [-0.2, -0.15) is 13.2 Å². The van der Waals surface area contributed by atoms with Crippen LogP contribution in [-0.4, -0.2) is 50.1 Å². The van der Waals surface area contributed by atoms with Crippen LogP contribution in [0.3, 0.4) is 0 Å². The fourth-order valence-corrected chi connectivity index (χ4v) is 6.02. The van der Waals surface area contributed by atoms with E-state index >= 15 is 0 Å². The second kappa shape index (κ2) is 14.9. The molecule has 14 heteroatoms. The van der Waals surface area contributed by atoms with Crippen molar-refractivity contribution in [2.45, 2.75) is 79.7 Å². The van der Waals surface area contributed by atoms with Crippen molar-refractivity contribution in [2.75, 3.05) is 11.9 Å². The third-order valence-electron chi connectivity index (χ3n) is 6.60. The van der Waals surface area contributed by atoms with E-state index in [0.717, 1.165) is 10.8 Å². The highest BCUT2D eigenvalue weighted by Crippen LogP contribution is 2.49. The minimum Gasteiger partial charge on any atom is -0.462 e. The van der Waals surface area contributed by atoms with Crippen LogP contribution in [0, 0.1) is 17.3 Å². The molecular weight excluding hydrogens is 599 g/mol. The minimum absolute atomic E-state index is 0.0219. The highest BCUT2D eigenvalue weighted by Gasteiger charge is 2.61. The van der Waals surface area contributed by atoms with Crippen molar-refractivity contribution in [2.24, 2.45) is 17.3 Å². The number of hydrogen-bond acceptors (Lipinski definition) is 7. The van der Waals surface area contributed by atoms with Crippen LogP contribution in [0.5, 0.6) is 0 Å². The molecule has 2 atom stereocenters. The van der Waals surface area contributed by atoms with Crippen LogP contribution < -0.4 is 16.2 Å². The van der Waals surface area contributed by atoms with E-state index < -0.39 is 74.0 Å². The van der Waals surface area contributed by atoms with Crippen molar-refractivity contribution in [3.8, 4) is 0 Å². The molecule has 0 aliphatic rings. The van der Waals surface area contributed by atoms with Crippen LogP contribution in [0.15, 0.2) is 47.4 Å². The maximum absolute atomic E-state index is 14.6. The molecule has 0 saturated carbocycles. The first-order chi connectivity index (χ1) is 20.3. The first kappa shape index (κ1) is 36.5. The van der Waals surface area contributed by atoms with E-state index in [0.29, 0.717) is 5.56 Å². The summed E-state index contributed by atoms with van der Waals surface area (Å²) < 4.78 is 60.9. The number of hydrogen-bond donors (Lipinski definition) is 2. The normalized spacial score (nSPS) is 14.1. The first-order valence-electron chi connectivity index (χ1n) is 14.1. The summed E-state index contributed by atoms with van der Waals surface area (Å²) in [6.45, 7) is 11.3. The van der Waals surface area contributed by atoms with Crippen molar-refractivity contribution in [1.29, 1.82) is 0 Å². The number of anilines is 1. The highest BCUT2D eigenvalue weighted by atomic mass is 28.3. The summed E-state index contributed by atoms with van der Waals surface area (Å²) in [5.41, 5.74) is -4.64. The van der Waals surface area contributed by atoms with E-state index in [1.807, 2.05) is 0 Å². The lowest BCUT2D eigenvalue weighted by Gasteiger charge is -2.50. The topological polar surface area (TPSA) is 125 Å². The number of aromatic nitrogens is 1. The second-order valence-corrected chi connectivity index (χ2v) is 13.8. The molecule has 0 spiro atoms. The van der Waals surface area contributed by atoms with Gasteiger partial charge in [-0.05, 0) is 37.1 Å². The Labute approximate surface area is 257 Å². The molecule has 0 aliphatic carbocycles. The molecule has 243 valence electrons. The SMILES string of the molecule is CCOC(=O)c1ccn(CC(=O)NC(O[Si](C)C)(C(C)C)C(C(C)(C)C)C(F)(F)F)c(=O)c1NC(=O)OCc1ccccc1. The van der Waals surface area contributed by atoms with Gasteiger partial charge in [0.2, 0.25) is 14.9 Å². The molecule has 2 unspecified atom stereocenters. The molecule has 44 heavy (non-hydrogen) atoms. The number of nitrogens with one attached hydrogen (secondary N) is 2. The summed E-state index contributed by atoms with van der Waals surface area (Å²) in [5.74, 6) is -4.78. The Balaban J connectivity index is 2.49. The first-order valence-corrected chi connectivity index (χ1v) is 16.5. The fourth-order valence-electron chi connectivity index (χ4n) is 4.94. The quantitative estimate of drug-likeness (QED) is 0.172. The van der Waals surface area contributed by atoms with Gasteiger partial charge in [-0.3, -0.25) is 14.9 Å². The van der Waals surface area contributed by atoms with Crippen LogP contribution in [-0.2, 0) is 31.8 Å². The average Bonchev–Trinajstić information content (AvgIpc) is 2.88. The molecule has 1 radical (unpaired) electrons. The van der Waals surface area contributed by atoms with Gasteiger partial charge in [0.25, 0.3) is 5.56 Å². The lowest BCUT2D eigenvalue weighted by atomic mass is 9.70. The number of amides is 2. The number of carbonyl (C=O) groups is 3. The van der Waals surface area contributed by atoms with E-state index in [1.165, 1.54) is 40.7 Å². The molecule has 1 aromatic heterocycles. The summed E-state index contributed by atoms with van der Waals surface area (Å²) in [4.78, 5) is 52.1. The maximum atomic E-state index is 14.6. The molecule has 0 bridgehead atoms. The summed E-state index contributed by atoms with van der Waals surface area (Å²) in [6, 6.07) is 9.88. The lowest BCUT2D eigenvalue weighted by Crippen LogP contribution is -2.67. The van der Waals surface area contributed by atoms with Crippen LogP contribution in [0.1, 0.15) is 57.5 Å². The molecule has 1 heterocycles. The number of ether oxygens (including phenoxy) is 2. The largest absolute Gasteiger partial charge is 0.462 e. The third-order valence-corrected chi connectivity index (χ3v) is 7.35. The van der Waals surface area contributed by atoms with Gasteiger partial charge in [-0.1, -0.05) is 65.0 Å². The number of halogens is 3. The van der Waals surface area contributed by atoms with Crippen molar-refractivity contribution in [1.82, 2.24) is 9.88 Å². The molecule has 0 fully saturated rings. The van der Waals surface area contributed by atoms with Gasteiger partial charge in [0.15, 0.2) is 0 Å². The Bertz CT molecular complexity index is 1340. The zero-order chi connectivity index (χ0) is 33.5. The maximum Gasteiger partial charge on any atom is 0.412 e. The van der Waals surface area contributed by atoms with Crippen molar-refractivity contribution in [3.05, 3.63) is 64.1 Å². The Kier molecular flexibility index (Phi) is 12.4. The van der Waals surface area contributed by atoms with Gasteiger partial charge in [0.05, 0.1) is 12.2 Å². The Morgan fingerprint density at radius 1 is 1.00 bits per heavy atom. The fraction of sp³-hybridized carbons (Fsp3) is 0.533. The molecule has 2 N–H and O–H groups in total. The third kappa shape index (κ3) is 9.42. The van der Waals surface area contributed by atoms with E-state index in [2.05, 4.69) is 10.6 Å².